The van der Waals surface area contributed by atoms with Gasteiger partial charge in [0.05, 0.1) is 61.2 Å². The molecule has 0 bridgehead atoms. The highest BCUT2D eigenvalue weighted by molar-refractivity contribution is 6.00. The number of carbonyl (C=O) groups is 11. The zero-order valence-electron chi connectivity index (χ0n) is 50.5. The summed E-state index contributed by atoms with van der Waals surface area (Å²) in [6.07, 6.45) is -3.65. The molecule has 1 aliphatic carbocycles. The van der Waals surface area contributed by atoms with E-state index >= 15 is 4.39 Å². The SMILES string of the molecule is CN=C(N)NCCC[C@H](CC(=O)[C@H](CC(C)C)NC(=O)NCC(=O)[C@H](Cc1ccccc1F)NC(=O)[C@@H](CC(=O)[C@H](CC(N)=O)NC(=O)[C@@H]1C[C@@H](O)CC1C(=O)[C@@H](Cc1ccc(O)cc1)NC(C)=O)[C@@H](C)O)C(=O)N[C@@H](Cc1c[nH]c2ccccc12)C(N)=O. The highest BCUT2D eigenvalue weighted by atomic mass is 19.1. The third-order valence-corrected chi connectivity index (χ3v) is 15.6. The second-order valence-electron chi connectivity index (χ2n) is 23.0. The number of guanidine groups is 1. The Morgan fingerprint density at radius 2 is 1.33 bits per heavy atom. The van der Waals surface area contributed by atoms with Crippen LogP contribution < -0.4 is 54.4 Å². The van der Waals surface area contributed by atoms with Crippen molar-refractivity contribution in [1.29, 1.82) is 0 Å². The molecule has 0 saturated heterocycles. The Kier molecular flexibility index (Phi) is 26.9. The Hall–Kier alpha value is -9.11. The lowest BCUT2D eigenvalue weighted by Crippen LogP contribution is -2.53. The summed E-state index contributed by atoms with van der Waals surface area (Å²) < 4.78 is 15.2. The van der Waals surface area contributed by atoms with Gasteiger partial charge in [0.15, 0.2) is 29.1 Å². The number of hydrogen-bond donors (Lipinski definition) is 14. The Morgan fingerprint density at radius 1 is 0.685 bits per heavy atom. The Labute approximate surface area is 514 Å². The number of hydrogen-bond acceptors (Lipinski definition) is 15. The molecule has 89 heavy (non-hydrogen) atoms. The molecule has 1 aliphatic rings. The molecule has 8 amide bonds. The van der Waals surface area contributed by atoms with Crippen LogP contribution in [0.2, 0.25) is 0 Å². The molecule has 482 valence electrons. The number of aromatic amines is 1. The van der Waals surface area contributed by atoms with Crippen LogP contribution in [-0.2, 0) is 67.2 Å². The van der Waals surface area contributed by atoms with Crippen molar-refractivity contribution < 1.29 is 72.4 Å². The number of aliphatic hydroxyl groups excluding tert-OH is 2. The number of fused-ring (bicyclic) bond motifs is 1. The van der Waals surface area contributed by atoms with Crippen molar-refractivity contribution in [3.05, 3.63) is 102 Å². The number of primary amides is 2. The summed E-state index contributed by atoms with van der Waals surface area (Å²) in [4.78, 5) is 157. The fourth-order valence-electron chi connectivity index (χ4n) is 10.8. The van der Waals surface area contributed by atoms with Gasteiger partial charge in [-0.1, -0.05) is 62.4 Å². The summed E-state index contributed by atoms with van der Waals surface area (Å²) in [5.74, 6) is -14.3. The number of phenols is 1. The van der Waals surface area contributed by atoms with Gasteiger partial charge in [-0.2, -0.15) is 0 Å². The number of phenolic OH excluding ortho intramolecular Hbond substituents is 1. The van der Waals surface area contributed by atoms with Gasteiger partial charge in [0.1, 0.15) is 17.6 Å². The molecule has 11 atom stereocenters. The van der Waals surface area contributed by atoms with E-state index in [2.05, 4.69) is 47.2 Å². The lowest BCUT2D eigenvalue weighted by Gasteiger charge is -2.27. The van der Waals surface area contributed by atoms with Gasteiger partial charge in [0.2, 0.25) is 35.4 Å². The largest absolute Gasteiger partial charge is 0.508 e. The maximum atomic E-state index is 15.2. The summed E-state index contributed by atoms with van der Waals surface area (Å²) in [5, 5.41) is 50.3. The normalized spacial score (nSPS) is 17.5. The van der Waals surface area contributed by atoms with Gasteiger partial charge in [0, 0.05) is 75.1 Å². The average molecular weight is 1240 g/mol. The van der Waals surface area contributed by atoms with Crippen molar-refractivity contribution in [2.45, 2.75) is 141 Å². The van der Waals surface area contributed by atoms with Gasteiger partial charge in [-0.25, -0.2) is 9.18 Å². The molecular formula is C62H83FN12O14. The van der Waals surface area contributed by atoms with Crippen molar-refractivity contribution in [2.75, 3.05) is 20.1 Å². The van der Waals surface area contributed by atoms with Gasteiger partial charge in [-0.3, -0.25) is 52.9 Å². The van der Waals surface area contributed by atoms with Gasteiger partial charge >= 0.3 is 6.03 Å². The topological polar surface area (TPSA) is 439 Å². The number of aliphatic imine (C=N–C) groups is 1. The van der Waals surface area contributed by atoms with Crippen molar-refractivity contribution in [3.8, 4) is 5.75 Å². The molecule has 5 rings (SSSR count). The number of nitrogens with two attached hydrogens (primary N) is 3. The molecule has 1 aromatic heterocycles. The molecule has 3 aromatic carbocycles. The monoisotopic (exact) mass is 1240 g/mol. The number of H-pyrrole nitrogens is 1. The molecule has 0 spiro atoms. The third kappa shape index (κ3) is 21.9. The smallest absolute Gasteiger partial charge is 0.315 e. The van der Waals surface area contributed by atoms with Crippen LogP contribution in [0, 0.1) is 35.4 Å². The minimum atomic E-state index is -1.74. The number of rotatable bonds is 35. The number of aliphatic hydroxyl groups is 2. The molecule has 1 fully saturated rings. The van der Waals surface area contributed by atoms with Crippen LogP contribution >= 0.6 is 0 Å². The number of benzene rings is 3. The molecule has 1 unspecified atom stereocenters. The summed E-state index contributed by atoms with van der Waals surface area (Å²) >= 11 is 0. The van der Waals surface area contributed by atoms with E-state index in [-0.39, 0.29) is 68.3 Å². The van der Waals surface area contributed by atoms with E-state index in [1.807, 2.05) is 24.3 Å². The number of ketones is 4. The van der Waals surface area contributed by atoms with Crippen molar-refractivity contribution in [2.24, 2.45) is 51.8 Å². The zero-order chi connectivity index (χ0) is 65.6. The highest BCUT2D eigenvalue weighted by Crippen LogP contribution is 2.35. The van der Waals surface area contributed by atoms with E-state index in [9.17, 15) is 68.1 Å². The number of halogens is 1. The predicted octanol–water partition coefficient (Wildman–Crippen LogP) is 0.445. The maximum Gasteiger partial charge on any atom is 0.315 e. The third-order valence-electron chi connectivity index (χ3n) is 15.6. The summed E-state index contributed by atoms with van der Waals surface area (Å²) in [7, 11) is 1.48. The minimum Gasteiger partial charge on any atom is -0.508 e. The number of aromatic nitrogens is 1. The summed E-state index contributed by atoms with van der Waals surface area (Å²) in [6.45, 7) is 5.36. The van der Waals surface area contributed by atoms with Crippen LogP contribution in [0.4, 0.5) is 9.18 Å². The fraction of sp³-hybridized carbons (Fsp3) is 0.484. The number of nitrogens with one attached hydrogen (secondary N) is 8. The van der Waals surface area contributed by atoms with Crippen LogP contribution in [0.25, 0.3) is 10.9 Å². The second-order valence-corrected chi connectivity index (χ2v) is 23.0. The molecule has 1 heterocycles. The van der Waals surface area contributed by atoms with Crippen LogP contribution in [0.1, 0.15) is 95.8 Å². The quantitative estimate of drug-likeness (QED) is 0.0169. The first kappa shape index (κ1) is 70.7. The average Bonchev–Trinajstić information content (AvgIpc) is 3.62. The predicted molar refractivity (Wildman–Crippen MR) is 325 cm³/mol. The lowest BCUT2D eigenvalue weighted by molar-refractivity contribution is -0.138. The zero-order valence-corrected chi connectivity index (χ0v) is 50.5. The van der Waals surface area contributed by atoms with E-state index in [1.54, 1.807) is 20.0 Å². The van der Waals surface area contributed by atoms with Crippen molar-refractivity contribution >= 4 is 81.5 Å². The number of Topliss-reactive ketones (excluding diaryl/α,β-unsaturated/α-hetero) is 4. The van der Waals surface area contributed by atoms with E-state index in [0.717, 1.165) is 23.9 Å². The Bertz CT molecular complexity index is 3210. The number of carbonyl (C=O) groups excluding carboxylic acids is 11. The van der Waals surface area contributed by atoms with Crippen molar-refractivity contribution in [3.63, 3.8) is 0 Å². The number of para-hydroxylation sites is 1. The Morgan fingerprint density at radius 3 is 1.97 bits per heavy atom. The highest BCUT2D eigenvalue weighted by Gasteiger charge is 2.45. The standard InChI is InChI=1S/C62H83FN12O14/c1-32(2)21-47(52(80)25-37(12-10-20-68-61(66)67-5)58(86)74-51(57(65)85)24-38-30-69-46-15-9-7-13-41(38)46)75-62(89)70-31-54(82)48(23-36-11-6-8-14-45(36)63)72-59(87)42(33(3)76)28-53(81)49(29-55(64)83)73-60(88)44-27-40(79)26-43(44)56(84)50(71-34(4)77)22-35-16-18-39(78)19-17-35/h6-9,11,13-19,30,32-33,37,40,42-44,47-51,69,76,78-79H,10,12,20-29,31H2,1-5H3,(H2,64,83)(H2,65,85)(H,71,77)(H,72,87)(H,73,88)(H,74,86)(H3,66,67,68)(H2,70,75,89)/t33-,37-,40+,42+,43?,44-,47+,48+,49+,50-,51+/m1/s1. The molecular weight excluding hydrogens is 1160 g/mol. The van der Waals surface area contributed by atoms with Crippen molar-refractivity contribution in [1.82, 2.24) is 42.2 Å². The van der Waals surface area contributed by atoms with E-state index in [0.29, 0.717) is 17.5 Å². The number of amides is 8. The molecule has 1 saturated carbocycles. The molecule has 0 aliphatic heterocycles. The summed E-state index contributed by atoms with van der Waals surface area (Å²) in [5.41, 5.74) is 19.1. The minimum absolute atomic E-state index is 0.0383. The second kappa shape index (κ2) is 33.9. The van der Waals surface area contributed by atoms with Gasteiger partial charge in [0.25, 0.3) is 0 Å². The van der Waals surface area contributed by atoms with Crippen LogP contribution in [-0.4, -0.2) is 153 Å². The molecule has 26 nitrogen and oxygen atoms in total. The summed E-state index contributed by atoms with van der Waals surface area (Å²) in [6, 6.07) is 10.5. The number of nitrogens with zero attached hydrogens (tertiary/aromatic N) is 1. The molecule has 17 N–H and O–H groups in total. The van der Waals surface area contributed by atoms with Gasteiger partial charge in [-0.05, 0) is 92.3 Å². The Balaban J connectivity index is 1.29. The van der Waals surface area contributed by atoms with E-state index < -0.39 is 169 Å². The van der Waals surface area contributed by atoms with Gasteiger partial charge in [-0.15, -0.1) is 0 Å². The van der Waals surface area contributed by atoms with E-state index in [1.165, 1.54) is 56.4 Å². The van der Waals surface area contributed by atoms with Crippen LogP contribution in [0.3, 0.4) is 0 Å². The first-order valence-electron chi connectivity index (χ1n) is 29.4. The number of aromatic hydroxyl groups is 1. The molecule has 0 radical (unpaired) electrons. The number of urea groups is 1. The lowest BCUT2D eigenvalue weighted by atomic mass is 9.85. The first-order chi connectivity index (χ1) is 42.1. The van der Waals surface area contributed by atoms with Crippen LogP contribution in [0.15, 0.2) is 84.0 Å². The van der Waals surface area contributed by atoms with Gasteiger partial charge < -0.3 is 74.7 Å². The molecule has 27 heteroatoms. The van der Waals surface area contributed by atoms with E-state index in [4.69, 9.17) is 17.2 Å². The maximum absolute atomic E-state index is 15.2. The fourth-order valence-corrected chi connectivity index (χ4v) is 10.8. The first-order valence-corrected chi connectivity index (χ1v) is 29.4. The molecule has 4 aromatic rings. The van der Waals surface area contributed by atoms with Crippen LogP contribution in [0.5, 0.6) is 5.75 Å².